The van der Waals surface area contributed by atoms with Crippen molar-refractivity contribution in [1.82, 2.24) is 0 Å². The third kappa shape index (κ3) is 1.74. The van der Waals surface area contributed by atoms with E-state index in [0.717, 1.165) is 6.08 Å². The Hall–Kier alpha value is -1.97. The number of Topliss-reactive ketones (excluding diaryl/α,β-unsaturated/α-hetero) is 1. The maximum absolute atomic E-state index is 13.3. The van der Waals surface area contributed by atoms with Crippen LogP contribution in [0.3, 0.4) is 0 Å². The molecule has 0 radical (unpaired) electrons. The monoisotopic (exact) mass is 220 g/mol. The molecule has 0 heterocycles. The lowest BCUT2D eigenvalue weighted by atomic mass is 9.86. The maximum Gasteiger partial charge on any atom is 0.328 e. The number of hydrogen-bond donors (Lipinski definition) is 1. The normalized spacial score (nSPS) is 17.3. The standard InChI is InChI=1S/C12H9FO3/c13-10-3-1-2-9-8(10)5-4-7(12(9)16)6-11(14)15/h1-3,6H,4-5H2,(H,14,15)/b7-6-. The van der Waals surface area contributed by atoms with Gasteiger partial charge in [-0.15, -0.1) is 0 Å². The number of carboxylic acids is 1. The average molecular weight is 220 g/mol. The number of carbonyl (C=O) groups excluding carboxylic acids is 1. The first-order valence-corrected chi connectivity index (χ1v) is 4.85. The number of benzene rings is 1. The Kier molecular flexibility index (Phi) is 2.56. The Morgan fingerprint density at radius 3 is 2.81 bits per heavy atom. The molecule has 0 saturated carbocycles. The molecule has 1 aliphatic rings. The fourth-order valence-electron chi connectivity index (χ4n) is 1.86. The second kappa shape index (κ2) is 3.89. The van der Waals surface area contributed by atoms with Crippen LogP contribution in [0.25, 0.3) is 0 Å². The number of halogens is 1. The van der Waals surface area contributed by atoms with Gasteiger partial charge in [-0.1, -0.05) is 12.1 Å². The van der Waals surface area contributed by atoms with E-state index in [2.05, 4.69) is 0 Å². The van der Waals surface area contributed by atoms with Crippen LogP contribution in [0.15, 0.2) is 29.8 Å². The van der Waals surface area contributed by atoms with E-state index in [1.54, 1.807) is 0 Å². The highest BCUT2D eigenvalue weighted by molar-refractivity contribution is 6.12. The second-order valence-corrected chi connectivity index (χ2v) is 3.60. The van der Waals surface area contributed by atoms with Gasteiger partial charge < -0.3 is 5.11 Å². The highest BCUT2D eigenvalue weighted by Crippen LogP contribution is 2.26. The van der Waals surface area contributed by atoms with Crippen molar-refractivity contribution in [3.8, 4) is 0 Å². The molecule has 1 aromatic carbocycles. The lowest BCUT2D eigenvalue weighted by Gasteiger charge is -2.17. The molecule has 0 saturated heterocycles. The highest BCUT2D eigenvalue weighted by Gasteiger charge is 2.24. The molecule has 82 valence electrons. The summed E-state index contributed by atoms with van der Waals surface area (Å²) < 4.78 is 13.3. The number of rotatable bonds is 1. The summed E-state index contributed by atoms with van der Waals surface area (Å²) in [4.78, 5) is 22.3. The summed E-state index contributed by atoms with van der Waals surface area (Å²) in [5.41, 5.74) is 0.888. The van der Waals surface area contributed by atoms with Crippen molar-refractivity contribution in [2.24, 2.45) is 0 Å². The first-order valence-electron chi connectivity index (χ1n) is 4.85. The summed E-state index contributed by atoms with van der Waals surface area (Å²) in [6.45, 7) is 0. The summed E-state index contributed by atoms with van der Waals surface area (Å²) in [6.07, 6.45) is 1.54. The first-order chi connectivity index (χ1) is 7.59. The van der Waals surface area contributed by atoms with E-state index in [4.69, 9.17) is 5.11 Å². The molecule has 1 aliphatic carbocycles. The number of ketones is 1. The fourth-order valence-corrected chi connectivity index (χ4v) is 1.86. The maximum atomic E-state index is 13.3. The minimum atomic E-state index is -1.15. The predicted molar refractivity (Wildman–Crippen MR) is 54.8 cm³/mol. The molecule has 0 bridgehead atoms. The molecule has 1 aromatic rings. The van der Waals surface area contributed by atoms with Crippen molar-refractivity contribution in [3.05, 3.63) is 46.8 Å². The number of fused-ring (bicyclic) bond motifs is 1. The predicted octanol–water partition coefficient (Wildman–Crippen LogP) is 1.97. The van der Waals surface area contributed by atoms with Crippen LogP contribution in [0.1, 0.15) is 22.3 Å². The molecule has 3 nitrogen and oxygen atoms in total. The third-order valence-corrected chi connectivity index (χ3v) is 2.60. The summed E-state index contributed by atoms with van der Waals surface area (Å²) in [5.74, 6) is -1.94. The number of aliphatic carboxylic acids is 1. The molecule has 0 amide bonds. The molecule has 0 spiro atoms. The van der Waals surface area contributed by atoms with E-state index in [1.165, 1.54) is 18.2 Å². The minimum absolute atomic E-state index is 0.227. The van der Waals surface area contributed by atoms with Gasteiger partial charge in [0, 0.05) is 17.2 Å². The van der Waals surface area contributed by atoms with Crippen molar-refractivity contribution in [2.75, 3.05) is 0 Å². The summed E-state index contributed by atoms with van der Waals surface area (Å²) in [7, 11) is 0. The Morgan fingerprint density at radius 1 is 1.38 bits per heavy atom. The van der Waals surface area contributed by atoms with Crippen molar-refractivity contribution in [3.63, 3.8) is 0 Å². The van der Waals surface area contributed by atoms with Gasteiger partial charge in [0.25, 0.3) is 0 Å². The van der Waals surface area contributed by atoms with Crippen molar-refractivity contribution < 1.29 is 19.1 Å². The molecule has 0 unspecified atom stereocenters. The second-order valence-electron chi connectivity index (χ2n) is 3.60. The van der Waals surface area contributed by atoms with Crippen molar-refractivity contribution >= 4 is 11.8 Å². The van der Waals surface area contributed by atoms with E-state index in [0.29, 0.717) is 12.0 Å². The fraction of sp³-hybridized carbons (Fsp3) is 0.167. The van der Waals surface area contributed by atoms with E-state index in [-0.39, 0.29) is 23.3 Å². The van der Waals surface area contributed by atoms with Crippen LogP contribution in [0.5, 0.6) is 0 Å². The van der Waals surface area contributed by atoms with Crippen LogP contribution in [0.4, 0.5) is 4.39 Å². The van der Waals surface area contributed by atoms with E-state index >= 15 is 0 Å². The van der Waals surface area contributed by atoms with Gasteiger partial charge in [-0.05, 0) is 24.5 Å². The molecule has 0 aliphatic heterocycles. The van der Waals surface area contributed by atoms with Gasteiger partial charge in [0.2, 0.25) is 0 Å². The SMILES string of the molecule is O=C(O)/C=C1/CCc2c(F)cccc2C1=O. The first kappa shape index (κ1) is 10.5. The summed E-state index contributed by atoms with van der Waals surface area (Å²) in [5, 5.41) is 8.58. The zero-order chi connectivity index (χ0) is 11.7. The van der Waals surface area contributed by atoms with Gasteiger partial charge in [0.1, 0.15) is 5.82 Å². The van der Waals surface area contributed by atoms with Crippen LogP contribution in [-0.4, -0.2) is 16.9 Å². The van der Waals surface area contributed by atoms with Crippen molar-refractivity contribution in [1.29, 1.82) is 0 Å². The quantitative estimate of drug-likeness (QED) is 0.736. The molecule has 16 heavy (non-hydrogen) atoms. The van der Waals surface area contributed by atoms with Crippen LogP contribution >= 0.6 is 0 Å². The molecule has 4 heteroatoms. The molecular formula is C12H9FO3. The lowest BCUT2D eigenvalue weighted by Crippen LogP contribution is -2.16. The zero-order valence-electron chi connectivity index (χ0n) is 8.37. The van der Waals surface area contributed by atoms with Gasteiger partial charge in [0.05, 0.1) is 0 Å². The molecule has 0 aromatic heterocycles. The van der Waals surface area contributed by atoms with Crippen LogP contribution in [0.2, 0.25) is 0 Å². The van der Waals surface area contributed by atoms with Crippen molar-refractivity contribution in [2.45, 2.75) is 12.8 Å². The minimum Gasteiger partial charge on any atom is -0.478 e. The van der Waals surface area contributed by atoms with Crippen LogP contribution in [-0.2, 0) is 11.2 Å². The van der Waals surface area contributed by atoms with Gasteiger partial charge >= 0.3 is 5.97 Å². The van der Waals surface area contributed by atoms with Gasteiger partial charge in [0.15, 0.2) is 5.78 Å². The van der Waals surface area contributed by atoms with E-state index in [9.17, 15) is 14.0 Å². The number of allylic oxidation sites excluding steroid dienone is 1. The summed E-state index contributed by atoms with van der Waals surface area (Å²) >= 11 is 0. The largest absolute Gasteiger partial charge is 0.478 e. The molecule has 1 N–H and O–H groups in total. The van der Waals surface area contributed by atoms with E-state index in [1.807, 2.05) is 0 Å². The van der Waals surface area contributed by atoms with Crippen LogP contribution in [0, 0.1) is 5.82 Å². The summed E-state index contributed by atoms with van der Waals surface area (Å²) in [6, 6.07) is 4.28. The lowest BCUT2D eigenvalue weighted by molar-refractivity contribution is -0.131. The molecular weight excluding hydrogens is 211 g/mol. The Bertz CT molecular complexity index is 503. The smallest absolute Gasteiger partial charge is 0.328 e. The Labute approximate surface area is 91.2 Å². The van der Waals surface area contributed by atoms with E-state index < -0.39 is 11.8 Å². The van der Waals surface area contributed by atoms with Gasteiger partial charge in [-0.3, -0.25) is 4.79 Å². The molecule has 2 rings (SSSR count). The van der Waals surface area contributed by atoms with Gasteiger partial charge in [-0.2, -0.15) is 0 Å². The molecule has 0 fully saturated rings. The topological polar surface area (TPSA) is 54.4 Å². The average Bonchev–Trinajstić information content (AvgIpc) is 2.23. The molecule has 0 atom stereocenters. The number of hydrogen-bond acceptors (Lipinski definition) is 2. The van der Waals surface area contributed by atoms with Crippen LogP contribution < -0.4 is 0 Å². The number of carbonyl (C=O) groups is 2. The Morgan fingerprint density at radius 2 is 2.12 bits per heavy atom. The zero-order valence-corrected chi connectivity index (χ0v) is 8.37. The Balaban J connectivity index is 2.48. The van der Waals surface area contributed by atoms with Gasteiger partial charge in [-0.25, -0.2) is 9.18 Å². The highest BCUT2D eigenvalue weighted by atomic mass is 19.1. The third-order valence-electron chi connectivity index (χ3n) is 2.60. The number of carboxylic acid groups (broad SMARTS) is 1.